The van der Waals surface area contributed by atoms with E-state index in [1.807, 2.05) is 0 Å². The molecular formula is C15H20BN3O2. The molecule has 1 saturated heterocycles. The maximum absolute atomic E-state index is 6.09. The topological polar surface area (TPSA) is 60.0 Å². The molecule has 1 N–H and O–H groups in total. The number of nitrogens with zero attached hydrogens (tertiary/aromatic N) is 2. The van der Waals surface area contributed by atoms with E-state index in [-0.39, 0.29) is 18.3 Å². The van der Waals surface area contributed by atoms with Crippen LogP contribution in [0.4, 0.5) is 0 Å². The molecule has 1 aliphatic carbocycles. The van der Waals surface area contributed by atoms with Crippen molar-refractivity contribution in [3.63, 3.8) is 0 Å². The van der Waals surface area contributed by atoms with Gasteiger partial charge in [0, 0.05) is 16.9 Å². The normalized spacial score (nSPS) is 23.9. The van der Waals surface area contributed by atoms with Gasteiger partial charge in [-0.1, -0.05) is 0 Å². The lowest BCUT2D eigenvalue weighted by molar-refractivity contribution is 0.00578. The van der Waals surface area contributed by atoms with Crippen LogP contribution < -0.4 is 5.59 Å². The summed E-state index contributed by atoms with van der Waals surface area (Å²) in [7, 11) is -0.378. The molecule has 4 rings (SSSR count). The Hall–Kier alpha value is -1.40. The monoisotopic (exact) mass is 285 g/mol. The first-order chi connectivity index (χ1) is 9.87. The Balaban J connectivity index is 1.74. The van der Waals surface area contributed by atoms with E-state index in [1.165, 1.54) is 12.8 Å². The number of rotatable bonds is 2. The second-order valence-corrected chi connectivity index (χ2v) is 7.11. The van der Waals surface area contributed by atoms with E-state index in [0.717, 1.165) is 22.3 Å². The summed E-state index contributed by atoms with van der Waals surface area (Å²) in [6, 6.07) is 2.09. The minimum atomic E-state index is -0.378. The fourth-order valence-corrected chi connectivity index (χ4v) is 2.76. The van der Waals surface area contributed by atoms with Gasteiger partial charge in [0.05, 0.1) is 16.9 Å². The zero-order valence-corrected chi connectivity index (χ0v) is 12.9. The number of nitrogens with one attached hydrogen (secondary N) is 1. The van der Waals surface area contributed by atoms with Gasteiger partial charge in [0.1, 0.15) is 12.0 Å². The summed E-state index contributed by atoms with van der Waals surface area (Å²) in [6.45, 7) is 8.24. The van der Waals surface area contributed by atoms with Gasteiger partial charge in [0.2, 0.25) is 0 Å². The van der Waals surface area contributed by atoms with Crippen molar-refractivity contribution in [2.45, 2.75) is 57.7 Å². The molecule has 0 unspecified atom stereocenters. The Morgan fingerprint density at radius 3 is 2.43 bits per heavy atom. The fraction of sp³-hybridized carbons (Fsp3) is 0.600. The van der Waals surface area contributed by atoms with E-state index in [1.54, 1.807) is 6.33 Å². The van der Waals surface area contributed by atoms with E-state index in [9.17, 15) is 0 Å². The Labute approximate surface area is 124 Å². The Morgan fingerprint density at radius 1 is 1.14 bits per heavy atom. The minimum absolute atomic E-state index is 0.333. The van der Waals surface area contributed by atoms with Crippen LogP contribution in [0, 0.1) is 0 Å². The highest BCUT2D eigenvalue weighted by molar-refractivity contribution is 6.61. The van der Waals surface area contributed by atoms with Crippen LogP contribution in [0.1, 0.15) is 52.1 Å². The molecule has 6 heteroatoms. The summed E-state index contributed by atoms with van der Waals surface area (Å²) in [4.78, 5) is 12.1. The van der Waals surface area contributed by atoms with E-state index >= 15 is 0 Å². The highest BCUT2D eigenvalue weighted by atomic mass is 16.7. The molecule has 0 radical (unpaired) electrons. The standard InChI is InChI=1S/C15H20BN3O2/c1-14(2)15(3,4)21-16(20-14)11-7-10-12(9-5-6-9)17-8-18-13(10)19-11/h7-9H,5-6H2,1-4H3,(H,17,18,19). The molecule has 0 bridgehead atoms. The van der Waals surface area contributed by atoms with Crippen molar-refractivity contribution in [1.29, 1.82) is 0 Å². The van der Waals surface area contributed by atoms with Gasteiger partial charge in [-0.3, -0.25) is 0 Å². The zero-order valence-electron chi connectivity index (χ0n) is 12.9. The molecule has 1 saturated carbocycles. The summed E-state index contributed by atoms with van der Waals surface area (Å²) in [5, 5.41) is 1.10. The third-order valence-corrected chi connectivity index (χ3v) is 4.95. The zero-order chi connectivity index (χ0) is 14.8. The predicted octanol–water partition coefficient (Wildman–Crippen LogP) is 2.13. The summed E-state index contributed by atoms with van der Waals surface area (Å²) in [6.07, 6.45) is 4.09. The van der Waals surface area contributed by atoms with Crippen molar-refractivity contribution in [3.8, 4) is 0 Å². The van der Waals surface area contributed by atoms with Gasteiger partial charge in [-0.2, -0.15) is 0 Å². The highest BCUT2D eigenvalue weighted by Gasteiger charge is 2.52. The number of H-pyrrole nitrogens is 1. The van der Waals surface area contributed by atoms with E-state index in [0.29, 0.717) is 5.92 Å². The second-order valence-electron chi connectivity index (χ2n) is 7.11. The largest absolute Gasteiger partial charge is 0.512 e. The molecule has 0 atom stereocenters. The molecule has 5 nitrogen and oxygen atoms in total. The Morgan fingerprint density at radius 2 is 1.81 bits per heavy atom. The lowest BCUT2D eigenvalue weighted by Crippen LogP contribution is -2.41. The highest BCUT2D eigenvalue weighted by Crippen LogP contribution is 2.41. The molecule has 0 spiro atoms. The minimum Gasteiger partial charge on any atom is -0.398 e. The van der Waals surface area contributed by atoms with Gasteiger partial charge in [-0.15, -0.1) is 0 Å². The van der Waals surface area contributed by atoms with Gasteiger partial charge in [0.15, 0.2) is 0 Å². The van der Waals surface area contributed by atoms with E-state index in [2.05, 4.69) is 48.7 Å². The van der Waals surface area contributed by atoms with Gasteiger partial charge < -0.3 is 14.3 Å². The van der Waals surface area contributed by atoms with Crippen molar-refractivity contribution in [1.82, 2.24) is 15.0 Å². The maximum atomic E-state index is 6.09. The molecule has 2 aromatic rings. The molecule has 1 aliphatic heterocycles. The van der Waals surface area contributed by atoms with Crippen LogP contribution in [0.2, 0.25) is 0 Å². The van der Waals surface area contributed by atoms with Crippen molar-refractivity contribution in [2.24, 2.45) is 0 Å². The fourth-order valence-electron chi connectivity index (χ4n) is 2.76. The number of fused-ring (bicyclic) bond motifs is 1. The molecule has 2 aliphatic rings. The molecule has 0 aromatic carbocycles. The number of hydrogen-bond acceptors (Lipinski definition) is 4. The van der Waals surface area contributed by atoms with Crippen molar-refractivity contribution >= 4 is 23.7 Å². The average molecular weight is 285 g/mol. The van der Waals surface area contributed by atoms with E-state index < -0.39 is 0 Å². The molecule has 2 aromatic heterocycles. The van der Waals surface area contributed by atoms with Gasteiger partial charge in [-0.25, -0.2) is 9.97 Å². The first-order valence-corrected chi connectivity index (χ1v) is 7.56. The van der Waals surface area contributed by atoms with Crippen molar-refractivity contribution < 1.29 is 9.31 Å². The maximum Gasteiger partial charge on any atom is 0.512 e. The summed E-state index contributed by atoms with van der Waals surface area (Å²) in [5.41, 5.74) is 2.28. The number of aromatic nitrogens is 3. The predicted molar refractivity (Wildman–Crippen MR) is 81.6 cm³/mol. The average Bonchev–Trinajstić information content (AvgIpc) is 3.09. The van der Waals surface area contributed by atoms with Gasteiger partial charge >= 0.3 is 7.12 Å². The first-order valence-electron chi connectivity index (χ1n) is 7.56. The quantitative estimate of drug-likeness (QED) is 0.859. The molecule has 3 heterocycles. The van der Waals surface area contributed by atoms with Crippen LogP contribution in [0.3, 0.4) is 0 Å². The summed E-state index contributed by atoms with van der Waals surface area (Å²) in [5.74, 6) is 0.595. The third-order valence-electron chi connectivity index (χ3n) is 4.95. The summed E-state index contributed by atoms with van der Waals surface area (Å²) < 4.78 is 12.2. The second kappa shape index (κ2) is 4.08. The van der Waals surface area contributed by atoms with Gasteiger partial charge in [-0.05, 0) is 46.6 Å². The van der Waals surface area contributed by atoms with Crippen molar-refractivity contribution in [3.05, 3.63) is 18.1 Å². The molecule has 21 heavy (non-hydrogen) atoms. The van der Waals surface area contributed by atoms with Crippen LogP contribution >= 0.6 is 0 Å². The van der Waals surface area contributed by atoms with Crippen LogP contribution in [-0.2, 0) is 9.31 Å². The number of aromatic amines is 1. The SMILES string of the molecule is CC1(C)OB(c2cc3c(C4CC4)ncnc3[nH]2)OC1(C)C. The van der Waals surface area contributed by atoms with Crippen LogP contribution in [0.25, 0.3) is 11.0 Å². The van der Waals surface area contributed by atoms with Crippen molar-refractivity contribution in [2.75, 3.05) is 0 Å². The first kappa shape index (κ1) is 13.3. The smallest absolute Gasteiger partial charge is 0.398 e. The molecule has 0 amide bonds. The van der Waals surface area contributed by atoms with Crippen LogP contribution in [-0.4, -0.2) is 33.3 Å². The van der Waals surface area contributed by atoms with Crippen LogP contribution in [0.5, 0.6) is 0 Å². The van der Waals surface area contributed by atoms with E-state index in [4.69, 9.17) is 9.31 Å². The lowest BCUT2D eigenvalue weighted by atomic mass is 9.85. The number of hydrogen-bond donors (Lipinski definition) is 1. The van der Waals surface area contributed by atoms with Gasteiger partial charge in [0.25, 0.3) is 0 Å². The molecule has 110 valence electrons. The molecule has 2 fully saturated rings. The lowest BCUT2D eigenvalue weighted by Gasteiger charge is -2.32. The Bertz CT molecular complexity index is 690. The van der Waals surface area contributed by atoms with Crippen LogP contribution in [0.15, 0.2) is 12.4 Å². The summed E-state index contributed by atoms with van der Waals surface area (Å²) >= 11 is 0. The Kier molecular flexibility index (Phi) is 2.58. The molecular weight excluding hydrogens is 265 g/mol. The third kappa shape index (κ3) is 2.00.